The van der Waals surface area contributed by atoms with E-state index in [-0.39, 0.29) is 18.5 Å². The number of rotatable bonds is 10. The van der Waals surface area contributed by atoms with Gasteiger partial charge in [-0.25, -0.2) is 0 Å². The third-order valence-electron chi connectivity index (χ3n) is 3.86. The monoisotopic (exact) mass is 360 g/mol. The molecule has 0 fully saturated rings. The van der Waals surface area contributed by atoms with Crippen LogP contribution in [0, 0.1) is 0 Å². The Morgan fingerprint density at radius 1 is 1.15 bits per heavy atom. The predicted molar refractivity (Wildman–Crippen MR) is 100 cm³/mol. The normalized spacial score (nSPS) is 11.8. The molecular weight excluding hydrogens is 332 g/mol. The quantitative estimate of drug-likeness (QED) is 0.673. The number of benzene rings is 1. The van der Waals surface area contributed by atoms with Crippen LogP contribution in [0.2, 0.25) is 0 Å². The van der Waals surface area contributed by atoms with Gasteiger partial charge in [-0.2, -0.15) is 0 Å². The Bertz CT molecular complexity index is 712. The van der Waals surface area contributed by atoms with Crippen molar-refractivity contribution in [1.82, 2.24) is 5.32 Å². The van der Waals surface area contributed by atoms with E-state index in [2.05, 4.69) is 19.2 Å². The van der Waals surface area contributed by atoms with Crippen LogP contribution in [-0.4, -0.2) is 19.1 Å². The second kappa shape index (κ2) is 9.87. The van der Waals surface area contributed by atoms with Gasteiger partial charge in [-0.15, -0.1) is 0 Å². The van der Waals surface area contributed by atoms with E-state index in [0.29, 0.717) is 30.3 Å². The van der Waals surface area contributed by atoms with E-state index in [0.717, 1.165) is 24.2 Å². The summed E-state index contributed by atoms with van der Waals surface area (Å²) in [5, 5.41) is 2.96. The first-order valence-electron chi connectivity index (χ1n) is 9.06. The van der Waals surface area contributed by atoms with Crippen LogP contribution in [0.4, 0.5) is 0 Å². The molecule has 0 bridgehead atoms. The van der Waals surface area contributed by atoms with Gasteiger partial charge in [-0.1, -0.05) is 19.9 Å². The summed E-state index contributed by atoms with van der Waals surface area (Å²) < 4.78 is 16.8. The Labute approximate surface area is 154 Å². The molecule has 6 nitrogen and oxygen atoms in total. The van der Waals surface area contributed by atoms with Crippen molar-refractivity contribution in [3.05, 3.63) is 47.4 Å². The van der Waals surface area contributed by atoms with Gasteiger partial charge in [-0.3, -0.25) is 4.79 Å². The van der Waals surface area contributed by atoms with Gasteiger partial charge in [0.15, 0.2) is 11.5 Å². The zero-order chi connectivity index (χ0) is 18.9. The maximum atomic E-state index is 12.4. The van der Waals surface area contributed by atoms with Crippen LogP contribution in [0.3, 0.4) is 0 Å². The minimum Gasteiger partial charge on any atom is -0.490 e. The fourth-order valence-corrected chi connectivity index (χ4v) is 2.42. The summed E-state index contributed by atoms with van der Waals surface area (Å²) in [6.45, 7) is 7.56. The summed E-state index contributed by atoms with van der Waals surface area (Å²) in [6.07, 6.45) is 3.26. The molecule has 0 aliphatic carbocycles. The van der Waals surface area contributed by atoms with E-state index in [1.807, 2.05) is 25.1 Å². The SMILES string of the molecule is CCCOc1ccc(C(C)NC(=O)c2coc(CN)c2)cc1OCCC. The van der Waals surface area contributed by atoms with Crippen molar-refractivity contribution in [3.63, 3.8) is 0 Å². The zero-order valence-electron chi connectivity index (χ0n) is 15.7. The molecule has 1 atom stereocenters. The molecule has 1 unspecified atom stereocenters. The molecule has 0 radical (unpaired) electrons. The number of carbonyl (C=O) groups excluding carboxylic acids is 1. The average molecular weight is 360 g/mol. The van der Waals surface area contributed by atoms with Crippen LogP contribution >= 0.6 is 0 Å². The van der Waals surface area contributed by atoms with Crippen molar-refractivity contribution >= 4 is 5.91 Å². The molecule has 0 aliphatic rings. The van der Waals surface area contributed by atoms with Crippen molar-refractivity contribution in [2.24, 2.45) is 5.73 Å². The van der Waals surface area contributed by atoms with Crippen molar-refractivity contribution in [2.45, 2.75) is 46.2 Å². The smallest absolute Gasteiger partial charge is 0.255 e. The molecule has 0 saturated carbocycles. The van der Waals surface area contributed by atoms with Gasteiger partial charge in [0.05, 0.1) is 31.4 Å². The van der Waals surface area contributed by atoms with Crippen molar-refractivity contribution in [2.75, 3.05) is 13.2 Å². The van der Waals surface area contributed by atoms with Crippen molar-refractivity contribution < 1.29 is 18.7 Å². The van der Waals surface area contributed by atoms with E-state index in [9.17, 15) is 4.79 Å². The highest BCUT2D eigenvalue weighted by Gasteiger charge is 2.16. The molecule has 0 spiro atoms. The third-order valence-corrected chi connectivity index (χ3v) is 3.86. The Morgan fingerprint density at radius 2 is 1.85 bits per heavy atom. The highest BCUT2D eigenvalue weighted by molar-refractivity contribution is 5.94. The van der Waals surface area contributed by atoms with Gasteiger partial charge < -0.3 is 24.9 Å². The summed E-state index contributed by atoms with van der Waals surface area (Å²) >= 11 is 0. The molecule has 1 aromatic heterocycles. The standard InChI is InChI=1S/C20H28N2O4/c1-4-8-24-18-7-6-15(11-19(18)25-9-5-2)14(3)22-20(23)16-10-17(12-21)26-13-16/h6-7,10-11,13-14H,4-5,8-9,12,21H2,1-3H3,(H,22,23). The third kappa shape index (κ3) is 5.26. The lowest BCUT2D eigenvalue weighted by molar-refractivity contribution is 0.0939. The molecule has 2 aromatic rings. The number of ether oxygens (including phenoxy) is 2. The summed E-state index contributed by atoms with van der Waals surface area (Å²) in [4.78, 5) is 12.4. The first kappa shape index (κ1) is 19.8. The number of hydrogen-bond acceptors (Lipinski definition) is 5. The summed E-state index contributed by atoms with van der Waals surface area (Å²) in [5.74, 6) is 1.80. The van der Waals surface area contributed by atoms with Crippen LogP contribution in [0.1, 0.15) is 61.3 Å². The van der Waals surface area contributed by atoms with E-state index in [1.165, 1.54) is 6.26 Å². The van der Waals surface area contributed by atoms with E-state index >= 15 is 0 Å². The Hall–Kier alpha value is -2.47. The molecule has 1 aromatic carbocycles. The molecule has 26 heavy (non-hydrogen) atoms. The van der Waals surface area contributed by atoms with Crippen LogP contribution < -0.4 is 20.5 Å². The second-order valence-corrected chi connectivity index (χ2v) is 6.10. The molecule has 142 valence electrons. The number of furan rings is 1. The minimum atomic E-state index is -0.205. The number of amides is 1. The van der Waals surface area contributed by atoms with E-state index in [1.54, 1.807) is 6.07 Å². The molecule has 2 rings (SSSR count). The Balaban J connectivity index is 2.11. The van der Waals surface area contributed by atoms with Gasteiger partial charge in [0.1, 0.15) is 12.0 Å². The molecular formula is C20H28N2O4. The highest BCUT2D eigenvalue weighted by atomic mass is 16.5. The summed E-state index contributed by atoms with van der Waals surface area (Å²) in [7, 11) is 0. The first-order valence-corrected chi connectivity index (χ1v) is 9.06. The molecule has 1 heterocycles. The topological polar surface area (TPSA) is 86.7 Å². The fourth-order valence-electron chi connectivity index (χ4n) is 2.42. The molecule has 3 N–H and O–H groups in total. The lowest BCUT2D eigenvalue weighted by atomic mass is 10.1. The fraction of sp³-hybridized carbons (Fsp3) is 0.450. The van der Waals surface area contributed by atoms with Gasteiger partial charge in [-0.05, 0) is 43.5 Å². The Morgan fingerprint density at radius 3 is 2.46 bits per heavy atom. The maximum absolute atomic E-state index is 12.4. The first-order chi connectivity index (χ1) is 12.6. The van der Waals surface area contributed by atoms with Gasteiger partial charge >= 0.3 is 0 Å². The van der Waals surface area contributed by atoms with Crippen molar-refractivity contribution in [3.8, 4) is 11.5 Å². The zero-order valence-corrected chi connectivity index (χ0v) is 15.7. The second-order valence-electron chi connectivity index (χ2n) is 6.10. The molecule has 0 saturated heterocycles. The van der Waals surface area contributed by atoms with Crippen LogP contribution in [-0.2, 0) is 6.54 Å². The number of carbonyl (C=O) groups is 1. The van der Waals surface area contributed by atoms with E-state index < -0.39 is 0 Å². The predicted octanol–water partition coefficient (Wildman–Crippen LogP) is 3.81. The van der Waals surface area contributed by atoms with Gasteiger partial charge in [0.25, 0.3) is 5.91 Å². The molecule has 0 aliphatic heterocycles. The van der Waals surface area contributed by atoms with E-state index in [4.69, 9.17) is 19.6 Å². The molecule has 1 amide bonds. The molecule has 6 heteroatoms. The minimum absolute atomic E-state index is 0.192. The van der Waals surface area contributed by atoms with Gasteiger partial charge in [0.2, 0.25) is 0 Å². The van der Waals surface area contributed by atoms with Crippen LogP contribution in [0.5, 0.6) is 11.5 Å². The number of nitrogens with one attached hydrogen (secondary N) is 1. The Kier molecular flexibility index (Phi) is 7.53. The summed E-state index contributed by atoms with van der Waals surface area (Å²) in [6, 6.07) is 7.22. The maximum Gasteiger partial charge on any atom is 0.255 e. The lowest BCUT2D eigenvalue weighted by Gasteiger charge is -2.17. The number of hydrogen-bond donors (Lipinski definition) is 2. The van der Waals surface area contributed by atoms with Crippen molar-refractivity contribution in [1.29, 1.82) is 0 Å². The average Bonchev–Trinajstić information content (AvgIpc) is 3.14. The largest absolute Gasteiger partial charge is 0.490 e. The summed E-state index contributed by atoms with van der Waals surface area (Å²) in [5.41, 5.74) is 6.91. The van der Waals surface area contributed by atoms with Crippen LogP contribution in [0.15, 0.2) is 34.9 Å². The lowest BCUT2D eigenvalue weighted by Crippen LogP contribution is -2.26. The van der Waals surface area contributed by atoms with Gasteiger partial charge in [0, 0.05) is 0 Å². The highest BCUT2D eigenvalue weighted by Crippen LogP contribution is 2.31. The van der Waals surface area contributed by atoms with Crippen LogP contribution in [0.25, 0.3) is 0 Å². The number of nitrogens with two attached hydrogens (primary N) is 1.